The molecule has 1 N–H and O–H groups in total. The minimum absolute atomic E-state index is 0.141. The van der Waals surface area contributed by atoms with Crippen LogP contribution in [0.15, 0.2) is 24.3 Å². The molecule has 1 amide bonds. The first-order valence-corrected chi connectivity index (χ1v) is 5.87. The second-order valence-electron chi connectivity index (χ2n) is 4.72. The van der Waals surface area contributed by atoms with Gasteiger partial charge in [0, 0.05) is 13.5 Å². The molecular formula is C13H12F3NO3. The largest absolute Gasteiger partial charge is 0.481 e. The summed E-state index contributed by atoms with van der Waals surface area (Å²) in [5, 5.41) is 9.11. The van der Waals surface area contributed by atoms with E-state index in [9.17, 15) is 22.8 Å². The predicted octanol–water partition coefficient (Wildman–Crippen LogP) is 2.31. The lowest BCUT2D eigenvalue weighted by Gasteiger charge is -2.23. The topological polar surface area (TPSA) is 57.6 Å². The second-order valence-corrected chi connectivity index (χ2v) is 4.72. The van der Waals surface area contributed by atoms with Gasteiger partial charge >= 0.3 is 12.1 Å². The first kappa shape index (κ1) is 14.4. The van der Waals surface area contributed by atoms with E-state index in [1.54, 1.807) is 0 Å². The number of hydrogen-bond acceptors (Lipinski definition) is 2. The van der Waals surface area contributed by atoms with Crippen molar-refractivity contribution in [1.29, 1.82) is 0 Å². The highest BCUT2D eigenvalue weighted by Gasteiger charge is 2.43. The summed E-state index contributed by atoms with van der Waals surface area (Å²) in [5.74, 6) is -2.40. The summed E-state index contributed by atoms with van der Waals surface area (Å²) in [5.41, 5.74) is -0.418. The van der Waals surface area contributed by atoms with Crippen molar-refractivity contribution >= 4 is 11.9 Å². The van der Waals surface area contributed by atoms with Crippen molar-refractivity contribution in [2.45, 2.75) is 18.6 Å². The highest BCUT2D eigenvalue weighted by atomic mass is 19.4. The molecule has 0 radical (unpaired) electrons. The molecule has 2 rings (SSSR count). The van der Waals surface area contributed by atoms with Gasteiger partial charge in [0.05, 0.1) is 17.5 Å². The van der Waals surface area contributed by atoms with Crippen LogP contribution in [0.3, 0.4) is 0 Å². The van der Waals surface area contributed by atoms with Crippen LogP contribution in [0.25, 0.3) is 0 Å². The molecule has 20 heavy (non-hydrogen) atoms. The van der Waals surface area contributed by atoms with E-state index in [2.05, 4.69) is 0 Å². The lowest BCUT2D eigenvalue weighted by atomic mass is 9.93. The number of carbonyl (C=O) groups is 2. The standard InChI is InChI=1S/C13H12F3NO3/c1-17-10(18)6-9(12(19)20)11(17)7-2-4-8(5-3-7)13(14,15)16/h2-5,9,11H,6H2,1H3,(H,19,20)/t9-,11+/m1/s1. The number of carbonyl (C=O) groups excluding carboxylic acids is 1. The molecule has 0 spiro atoms. The van der Waals surface area contributed by atoms with Crippen LogP contribution in [0.2, 0.25) is 0 Å². The molecular weight excluding hydrogens is 275 g/mol. The van der Waals surface area contributed by atoms with Crippen molar-refractivity contribution in [3.05, 3.63) is 35.4 Å². The van der Waals surface area contributed by atoms with Gasteiger partial charge in [-0.05, 0) is 17.7 Å². The van der Waals surface area contributed by atoms with Crippen LogP contribution < -0.4 is 0 Å². The molecule has 4 nitrogen and oxygen atoms in total. The maximum absolute atomic E-state index is 12.5. The smallest absolute Gasteiger partial charge is 0.416 e. The fourth-order valence-corrected chi connectivity index (χ4v) is 2.42. The minimum atomic E-state index is -4.44. The zero-order valence-corrected chi connectivity index (χ0v) is 10.5. The van der Waals surface area contributed by atoms with Gasteiger partial charge in [0.15, 0.2) is 0 Å². The third kappa shape index (κ3) is 2.48. The molecule has 0 unspecified atom stereocenters. The van der Waals surface area contributed by atoms with Crippen LogP contribution in [-0.4, -0.2) is 28.9 Å². The number of aliphatic carboxylic acids is 1. The van der Waals surface area contributed by atoms with Crippen molar-refractivity contribution in [3.63, 3.8) is 0 Å². The average Bonchev–Trinajstić information content (AvgIpc) is 2.65. The van der Waals surface area contributed by atoms with Crippen molar-refractivity contribution in [2.75, 3.05) is 7.05 Å². The minimum Gasteiger partial charge on any atom is -0.481 e. The number of rotatable bonds is 2. The van der Waals surface area contributed by atoms with Gasteiger partial charge in [-0.1, -0.05) is 12.1 Å². The van der Waals surface area contributed by atoms with E-state index >= 15 is 0 Å². The van der Waals surface area contributed by atoms with Gasteiger partial charge in [0.2, 0.25) is 5.91 Å². The Morgan fingerprint density at radius 2 is 1.85 bits per heavy atom. The average molecular weight is 287 g/mol. The maximum Gasteiger partial charge on any atom is 0.416 e. The summed E-state index contributed by atoms with van der Waals surface area (Å²) in [6.45, 7) is 0. The van der Waals surface area contributed by atoms with E-state index in [1.807, 2.05) is 0 Å². The summed E-state index contributed by atoms with van der Waals surface area (Å²) in [7, 11) is 1.45. The molecule has 1 aliphatic rings. The monoisotopic (exact) mass is 287 g/mol. The number of hydrogen-bond donors (Lipinski definition) is 1. The van der Waals surface area contributed by atoms with Crippen LogP contribution in [0.1, 0.15) is 23.6 Å². The molecule has 108 valence electrons. The molecule has 1 aliphatic heterocycles. The van der Waals surface area contributed by atoms with Gasteiger partial charge < -0.3 is 10.0 Å². The lowest BCUT2D eigenvalue weighted by Crippen LogP contribution is -2.26. The number of likely N-dealkylation sites (tertiary alicyclic amines) is 1. The molecule has 0 aromatic heterocycles. The SMILES string of the molecule is CN1C(=O)C[C@@H](C(=O)O)[C@@H]1c1ccc(C(F)(F)F)cc1. The normalized spacial score (nSPS) is 23.2. The lowest BCUT2D eigenvalue weighted by molar-refractivity contribution is -0.143. The van der Waals surface area contributed by atoms with Gasteiger partial charge in [-0.2, -0.15) is 13.2 Å². The molecule has 0 saturated carbocycles. The Balaban J connectivity index is 2.34. The first-order chi connectivity index (χ1) is 9.21. The number of halogens is 3. The Hall–Kier alpha value is -2.05. The highest BCUT2D eigenvalue weighted by Crippen LogP contribution is 2.38. The Kier molecular flexibility index (Phi) is 3.45. The Morgan fingerprint density at radius 3 is 2.30 bits per heavy atom. The molecule has 0 bridgehead atoms. The van der Waals surface area contributed by atoms with E-state index in [4.69, 9.17) is 5.11 Å². The quantitative estimate of drug-likeness (QED) is 0.908. The summed E-state index contributed by atoms with van der Waals surface area (Å²) >= 11 is 0. The van der Waals surface area contributed by atoms with Gasteiger partial charge in [0.25, 0.3) is 0 Å². The number of nitrogens with zero attached hydrogens (tertiary/aromatic N) is 1. The van der Waals surface area contributed by atoms with E-state index in [0.717, 1.165) is 12.1 Å². The van der Waals surface area contributed by atoms with Crippen LogP contribution in [-0.2, 0) is 15.8 Å². The molecule has 0 aliphatic carbocycles. The fraction of sp³-hybridized carbons (Fsp3) is 0.385. The predicted molar refractivity (Wildman–Crippen MR) is 62.7 cm³/mol. The first-order valence-electron chi connectivity index (χ1n) is 5.87. The number of carboxylic acids is 1. The van der Waals surface area contributed by atoms with Crippen LogP contribution in [0, 0.1) is 5.92 Å². The van der Waals surface area contributed by atoms with Gasteiger partial charge in [-0.25, -0.2) is 0 Å². The molecule has 1 fully saturated rings. The molecule has 2 atom stereocenters. The number of alkyl halides is 3. The molecule has 7 heteroatoms. The van der Waals surface area contributed by atoms with Gasteiger partial charge in [0.1, 0.15) is 0 Å². The van der Waals surface area contributed by atoms with E-state index in [0.29, 0.717) is 5.56 Å². The molecule has 1 heterocycles. The third-order valence-corrected chi connectivity index (χ3v) is 3.48. The summed E-state index contributed by atoms with van der Waals surface area (Å²) in [6.07, 6.45) is -4.58. The van der Waals surface area contributed by atoms with E-state index in [1.165, 1.54) is 24.1 Å². The summed E-state index contributed by atoms with van der Waals surface area (Å²) in [6, 6.07) is 3.49. The van der Waals surface area contributed by atoms with Crippen molar-refractivity contribution in [1.82, 2.24) is 4.90 Å². The number of benzene rings is 1. The Labute approximate surface area is 112 Å². The van der Waals surface area contributed by atoms with Crippen molar-refractivity contribution in [3.8, 4) is 0 Å². The van der Waals surface area contributed by atoms with Gasteiger partial charge in [-0.3, -0.25) is 9.59 Å². The Morgan fingerprint density at radius 1 is 1.30 bits per heavy atom. The van der Waals surface area contributed by atoms with Crippen LogP contribution in [0.5, 0.6) is 0 Å². The zero-order chi connectivity index (χ0) is 15.1. The maximum atomic E-state index is 12.5. The Bertz CT molecular complexity index is 539. The number of carboxylic acid groups (broad SMARTS) is 1. The third-order valence-electron chi connectivity index (χ3n) is 3.48. The van der Waals surface area contributed by atoms with Crippen LogP contribution >= 0.6 is 0 Å². The van der Waals surface area contributed by atoms with Crippen LogP contribution in [0.4, 0.5) is 13.2 Å². The fourth-order valence-electron chi connectivity index (χ4n) is 2.42. The summed E-state index contributed by atoms with van der Waals surface area (Å²) < 4.78 is 37.4. The highest BCUT2D eigenvalue weighted by molar-refractivity contribution is 5.87. The van der Waals surface area contributed by atoms with Gasteiger partial charge in [-0.15, -0.1) is 0 Å². The van der Waals surface area contributed by atoms with Crippen molar-refractivity contribution < 1.29 is 27.9 Å². The molecule has 1 aromatic carbocycles. The molecule has 1 saturated heterocycles. The second kappa shape index (κ2) is 4.81. The van der Waals surface area contributed by atoms with Crippen molar-refractivity contribution in [2.24, 2.45) is 5.92 Å². The number of amides is 1. The van der Waals surface area contributed by atoms with E-state index < -0.39 is 29.7 Å². The zero-order valence-electron chi connectivity index (χ0n) is 10.5. The molecule has 1 aromatic rings. The summed E-state index contributed by atoms with van der Waals surface area (Å²) in [4.78, 5) is 24.0. The van der Waals surface area contributed by atoms with E-state index in [-0.39, 0.29) is 12.3 Å².